The summed E-state index contributed by atoms with van der Waals surface area (Å²) in [5.41, 5.74) is 7.94. The lowest BCUT2D eigenvalue weighted by atomic mass is 9.91. The number of β-amino-alcohol motifs (C(OH)–C–C–N with tert-alkyl or cyclic N) is 1. The van der Waals surface area contributed by atoms with Gasteiger partial charge in [-0.3, -0.25) is 9.78 Å². The molecule has 1 aliphatic heterocycles. The van der Waals surface area contributed by atoms with Crippen LogP contribution < -0.4 is 10.6 Å². The van der Waals surface area contributed by atoms with E-state index in [0.29, 0.717) is 6.42 Å². The lowest BCUT2D eigenvalue weighted by Crippen LogP contribution is -2.56. The van der Waals surface area contributed by atoms with Crippen LogP contribution >= 0.6 is 0 Å². The largest absolute Gasteiger partial charge is 0.378 e. The van der Waals surface area contributed by atoms with Crippen molar-refractivity contribution < 1.29 is 9.90 Å². The molecule has 1 aromatic heterocycles. The van der Waals surface area contributed by atoms with Crippen LogP contribution in [0.5, 0.6) is 0 Å². The molecule has 0 radical (unpaired) electrons. The van der Waals surface area contributed by atoms with Crippen molar-refractivity contribution in [2.75, 3.05) is 18.0 Å². The van der Waals surface area contributed by atoms with Crippen LogP contribution in [-0.2, 0) is 4.79 Å². The number of pyridine rings is 1. The van der Waals surface area contributed by atoms with Gasteiger partial charge in [-0.2, -0.15) is 0 Å². The van der Waals surface area contributed by atoms with Gasteiger partial charge >= 0.3 is 0 Å². The highest BCUT2D eigenvalue weighted by Crippen LogP contribution is 2.34. The van der Waals surface area contributed by atoms with E-state index in [1.165, 1.54) is 0 Å². The van der Waals surface area contributed by atoms with Crippen LogP contribution in [0.2, 0.25) is 0 Å². The minimum absolute atomic E-state index is 0.233. The Balaban J connectivity index is 2.13. The summed E-state index contributed by atoms with van der Waals surface area (Å²) in [5.74, 6) is -0.648. The van der Waals surface area contributed by atoms with E-state index in [9.17, 15) is 9.90 Å². The van der Waals surface area contributed by atoms with Gasteiger partial charge in [0.05, 0.1) is 17.7 Å². The number of amides is 1. The third kappa shape index (κ3) is 2.31. The lowest BCUT2D eigenvalue weighted by Gasteiger charge is -2.39. The zero-order valence-corrected chi connectivity index (χ0v) is 13.0. The molecule has 1 fully saturated rings. The van der Waals surface area contributed by atoms with Gasteiger partial charge in [0, 0.05) is 17.6 Å². The SMILES string of the molecule is Cc1nc2ccccc2c(N2CCCC(O)(C(N)=O)C2)c1C. The molecule has 5 heteroatoms. The maximum atomic E-state index is 11.6. The highest BCUT2D eigenvalue weighted by atomic mass is 16.3. The molecule has 5 nitrogen and oxygen atoms in total. The number of anilines is 1. The number of primary amides is 1. The van der Waals surface area contributed by atoms with Crippen molar-refractivity contribution in [3.8, 4) is 0 Å². The number of benzene rings is 1. The van der Waals surface area contributed by atoms with Crippen molar-refractivity contribution in [2.24, 2.45) is 5.73 Å². The highest BCUT2D eigenvalue weighted by Gasteiger charge is 2.39. The van der Waals surface area contributed by atoms with Crippen molar-refractivity contribution in [1.29, 1.82) is 0 Å². The van der Waals surface area contributed by atoms with Gasteiger partial charge in [-0.05, 0) is 38.3 Å². The number of nitrogens with two attached hydrogens (primary N) is 1. The summed E-state index contributed by atoms with van der Waals surface area (Å²) >= 11 is 0. The average molecular weight is 299 g/mol. The third-order valence-corrected chi connectivity index (χ3v) is 4.59. The molecule has 2 heterocycles. The molecular formula is C17H21N3O2. The lowest BCUT2D eigenvalue weighted by molar-refractivity contribution is -0.137. The number of aryl methyl sites for hydroxylation is 1. The molecule has 1 saturated heterocycles. The first-order valence-electron chi connectivity index (χ1n) is 7.55. The Morgan fingerprint density at radius 1 is 1.36 bits per heavy atom. The predicted molar refractivity (Wildman–Crippen MR) is 86.8 cm³/mol. The monoisotopic (exact) mass is 299 g/mol. The number of piperidine rings is 1. The number of carbonyl (C=O) groups is 1. The summed E-state index contributed by atoms with van der Waals surface area (Å²) in [6.07, 6.45) is 1.15. The average Bonchev–Trinajstić information content (AvgIpc) is 2.48. The molecule has 1 aromatic carbocycles. The second-order valence-electron chi connectivity index (χ2n) is 6.11. The van der Waals surface area contributed by atoms with Crippen molar-refractivity contribution in [3.63, 3.8) is 0 Å². The number of hydrogen-bond acceptors (Lipinski definition) is 4. The number of rotatable bonds is 2. The van der Waals surface area contributed by atoms with Crippen molar-refractivity contribution >= 4 is 22.5 Å². The number of carbonyl (C=O) groups excluding carboxylic acids is 1. The van der Waals surface area contributed by atoms with E-state index in [0.717, 1.165) is 40.8 Å². The van der Waals surface area contributed by atoms with Gasteiger partial charge in [0.25, 0.3) is 5.91 Å². The first kappa shape index (κ1) is 14.8. The van der Waals surface area contributed by atoms with Crippen molar-refractivity contribution in [2.45, 2.75) is 32.3 Å². The molecule has 1 amide bonds. The predicted octanol–water partition coefficient (Wildman–Crippen LogP) is 1.67. The van der Waals surface area contributed by atoms with Gasteiger partial charge in [0.1, 0.15) is 0 Å². The number of aromatic nitrogens is 1. The van der Waals surface area contributed by atoms with Gasteiger partial charge in [-0.15, -0.1) is 0 Å². The Labute approximate surface area is 129 Å². The fourth-order valence-corrected chi connectivity index (χ4v) is 3.24. The van der Waals surface area contributed by atoms with Crippen LogP contribution in [0.4, 0.5) is 5.69 Å². The van der Waals surface area contributed by atoms with Crippen LogP contribution in [-0.4, -0.2) is 34.7 Å². The summed E-state index contributed by atoms with van der Waals surface area (Å²) in [6, 6.07) is 7.95. The molecule has 0 spiro atoms. The van der Waals surface area contributed by atoms with E-state index < -0.39 is 11.5 Å². The van der Waals surface area contributed by atoms with Gasteiger partial charge in [-0.25, -0.2) is 0 Å². The zero-order valence-electron chi connectivity index (χ0n) is 13.0. The smallest absolute Gasteiger partial charge is 0.251 e. The Hall–Kier alpha value is -2.14. The van der Waals surface area contributed by atoms with Gasteiger partial charge in [0.15, 0.2) is 5.60 Å². The number of hydrogen-bond donors (Lipinski definition) is 2. The first-order chi connectivity index (χ1) is 10.4. The zero-order chi connectivity index (χ0) is 15.9. The van der Waals surface area contributed by atoms with E-state index in [-0.39, 0.29) is 6.54 Å². The van der Waals surface area contributed by atoms with Crippen LogP contribution in [0.25, 0.3) is 10.9 Å². The number of aliphatic hydroxyl groups is 1. The second kappa shape index (κ2) is 5.25. The molecule has 1 aliphatic rings. The first-order valence-corrected chi connectivity index (χ1v) is 7.55. The van der Waals surface area contributed by atoms with E-state index in [4.69, 9.17) is 5.73 Å². The minimum atomic E-state index is -1.46. The molecule has 3 rings (SSSR count). The Morgan fingerprint density at radius 3 is 2.82 bits per heavy atom. The maximum Gasteiger partial charge on any atom is 0.251 e. The Bertz CT molecular complexity index is 744. The van der Waals surface area contributed by atoms with Crippen molar-refractivity contribution in [1.82, 2.24) is 4.98 Å². The molecule has 1 atom stereocenters. The summed E-state index contributed by atoms with van der Waals surface area (Å²) in [4.78, 5) is 18.3. The third-order valence-electron chi connectivity index (χ3n) is 4.59. The van der Waals surface area contributed by atoms with E-state index in [2.05, 4.69) is 9.88 Å². The van der Waals surface area contributed by atoms with Gasteiger partial charge < -0.3 is 15.7 Å². The van der Waals surface area contributed by atoms with Crippen LogP contribution in [0.3, 0.4) is 0 Å². The number of para-hydroxylation sites is 1. The quantitative estimate of drug-likeness (QED) is 0.884. The normalized spacial score (nSPS) is 22.0. The van der Waals surface area contributed by atoms with Crippen molar-refractivity contribution in [3.05, 3.63) is 35.5 Å². The van der Waals surface area contributed by atoms with Crippen LogP contribution in [0, 0.1) is 13.8 Å². The molecule has 1 unspecified atom stereocenters. The van der Waals surface area contributed by atoms with E-state index >= 15 is 0 Å². The van der Waals surface area contributed by atoms with Gasteiger partial charge in [-0.1, -0.05) is 18.2 Å². The molecule has 0 bridgehead atoms. The van der Waals surface area contributed by atoms with Crippen LogP contribution in [0.15, 0.2) is 24.3 Å². The Kier molecular flexibility index (Phi) is 3.53. The molecular weight excluding hydrogens is 278 g/mol. The standard InChI is InChI=1S/C17H21N3O2/c1-11-12(2)19-14-7-4-3-6-13(14)15(11)20-9-5-8-17(22,10-20)16(18)21/h3-4,6-7,22H,5,8-10H2,1-2H3,(H2,18,21). The molecule has 3 N–H and O–H groups in total. The topological polar surface area (TPSA) is 79.4 Å². The highest BCUT2D eigenvalue weighted by molar-refractivity contribution is 5.94. The number of nitrogens with zero attached hydrogens (tertiary/aromatic N) is 2. The summed E-state index contributed by atoms with van der Waals surface area (Å²) in [7, 11) is 0. The van der Waals surface area contributed by atoms with E-state index in [1.807, 2.05) is 38.1 Å². The van der Waals surface area contributed by atoms with Gasteiger partial charge in [0.2, 0.25) is 0 Å². The number of fused-ring (bicyclic) bond motifs is 1. The summed E-state index contributed by atoms with van der Waals surface area (Å²) in [6.45, 7) is 5.04. The molecule has 0 aliphatic carbocycles. The maximum absolute atomic E-state index is 11.6. The fourth-order valence-electron chi connectivity index (χ4n) is 3.24. The fraction of sp³-hybridized carbons (Fsp3) is 0.412. The Morgan fingerprint density at radius 2 is 2.09 bits per heavy atom. The molecule has 22 heavy (non-hydrogen) atoms. The molecule has 116 valence electrons. The summed E-state index contributed by atoms with van der Waals surface area (Å²) in [5, 5.41) is 11.5. The second-order valence-corrected chi connectivity index (χ2v) is 6.11. The minimum Gasteiger partial charge on any atom is -0.378 e. The van der Waals surface area contributed by atoms with Crippen LogP contribution in [0.1, 0.15) is 24.1 Å². The van der Waals surface area contributed by atoms with E-state index in [1.54, 1.807) is 0 Å². The summed E-state index contributed by atoms with van der Waals surface area (Å²) < 4.78 is 0. The molecule has 0 saturated carbocycles. The molecule has 2 aromatic rings.